The first kappa shape index (κ1) is 10.1. The lowest BCUT2D eigenvalue weighted by Crippen LogP contribution is -2.23. The van der Waals surface area contributed by atoms with Crippen molar-refractivity contribution < 1.29 is 9.90 Å². The first-order valence-electron chi connectivity index (χ1n) is 4.21. The predicted octanol–water partition coefficient (Wildman–Crippen LogP) is 1.15. The Morgan fingerprint density at radius 1 is 1.50 bits per heavy atom. The number of para-hydroxylation sites is 1. The highest BCUT2D eigenvalue weighted by Crippen LogP contribution is 2.14. The van der Waals surface area contributed by atoms with E-state index in [1.165, 1.54) is 6.07 Å². The molecule has 1 amide bonds. The molecule has 1 aromatic carbocycles. The van der Waals surface area contributed by atoms with E-state index >= 15 is 0 Å². The van der Waals surface area contributed by atoms with Gasteiger partial charge in [0.15, 0.2) is 0 Å². The van der Waals surface area contributed by atoms with Crippen LogP contribution in [0, 0.1) is 11.8 Å². The van der Waals surface area contributed by atoms with Gasteiger partial charge in [-0.1, -0.05) is 18.1 Å². The molecule has 0 saturated heterocycles. The van der Waals surface area contributed by atoms with Gasteiger partial charge in [-0.3, -0.25) is 4.79 Å². The summed E-state index contributed by atoms with van der Waals surface area (Å²) in [5.74, 6) is 5.03. The van der Waals surface area contributed by atoms with Gasteiger partial charge in [0.05, 0.1) is 12.1 Å². The zero-order valence-corrected chi connectivity index (χ0v) is 7.87. The highest BCUT2D eigenvalue weighted by Gasteiger charge is 2.07. The summed E-state index contributed by atoms with van der Waals surface area (Å²) in [7, 11) is 0. The summed E-state index contributed by atoms with van der Waals surface area (Å²) in [6, 6.07) is 6.39. The summed E-state index contributed by atoms with van der Waals surface area (Å²) in [4.78, 5) is 11.4. The number of carbonyl (C=O) groups excluding carboxylic acids is 1. The molecule has 0 aromatic heterocycles. The largest absolute Gasteiger partial charge is 0.507 e. The van der Waals surface area contributed by atoms with Crippen LogP contribution in [-0.2, 0) is 0 Å². The lowest BCUT2D eigenvalue weighted by Gasteiger charge is -2.02. The monoisotopic (exact) mass is 189 g/mol. The molecule has 0 heterocycles. The summed E-state index contributed by atoms with van der Waals surface area (Å²) < 4.78 is 0. The Hall–Kier alpha value is -1.95. The standard InChI is InChI=1S/C11H11NO2/c1-2-3-8-12-11(14)9-6-4-5-7-10(9)13/h4-7,13H,8H2,1H3,(H,12,14). The number of amides is 1. The molecule has 1 aromatic rings. The molecule has 0 unspecified atom stereocenters. The molecule has 14 heavy (non-hydrogen) atoms. The van der Waals surface area contributed by atoms with Crippen molar-refractivity contribution in [3.8, 4) is 17.6 Å². The highest BCUT2D eigenvalue weighted by molar-refractivity contribution is 5.96. The Balaban J connectivity index is 2.68. The molecular weight excluding hydrogens is 178 g/mol. The van der Waals surface area contributed by atoms with Crippen LogP contribution in [0.3, 0.4) is 0 Å². The van der Waals surface area contributed by atoms with Crippen molar-refractivity contribution in [1.29, 1.82) is 0 Å². The molecule has 0 aliphatic heterocycles. The third kappa shape index (κ3) is 2.53. The number of carbonyl (C=O) groups is 1. The minimum Gasteiger partial charge on any atom is -0.507 e. The zero-order valence-electron chi connectivity index (χ0n) is 7.87. The van der Waals surface area contributed by atoms with E-state index in [-0.39, 0.29) is 17.2 Å². The minimum atomic E-state index is -0.314. The topological polar surface area (TPSA) is 49.3 Å². The SMILES string of the molecule is CC#CCNC(=O)c1ccccc1O. The third-order valence-electron chi connectivity index (χ3n) is 1.66. The van der Waals surface area contributed by atoms with E-state index in [4.69, 9.17) is 0 Å². The number of benzene rings is 1. The normalized spacial score (nSPS) is 8.64. The van der Waals surface area contributed by atoms with Crippen molar-refractivity contribution in [3.05, 3.63) is 29.8 Å². The van der Waals surface area contributed by atoms with E-state index in [0.717, 1.165) is 0 Å². The summed E-state index contributed by atoms with van der Waals surface area (Å²) in [6.45, 7) is 2.00. The molecule has 0 saturated carbocycles. The molecule has 0 atom stereocenters. The van der Waals surface area contributed by atoms with E-state index in [1.54, 1.807) is 25.1 Å². The van der Waals surface area contributed by atoms with Crippen molar-refractivity contribution in [3.63, 3.8) is 0 Å². The number of hydrogen-bond donors (Lipinski definition) is 2. The van der Waals surface area contributed by atoms with Crippen molar-refractivity contribution in [2.45, 2.75) is 6.92 Å². The van der Waals surface area contributed by atoms with Crippen LogP contribution in [0.2, 0.25) is 0 Å². The van der Waals surface area contributed by atoms with Crippen LogP contribution in [0.25, 0.3) is 0 Å². The molecule has 72 valence electrons. The van der Waals surface area contributed by atoms with E-state index in [2.05, 4.69) is 17.2 Å². The van der Waals surface area contributed by atoms with Crippen LogP contribution >= 0.6 is 0 Å². The minimum absolute atomic E-state index is 0.0190. The molecule has 0 fully saturated rings. The van der Waals surface area contributed by atoms with Crippen LogP contribution in [-0.4, -0.2) is 17.6 Å². The Morgan fingerprint density at radius 3 is 2.86 bits per heavy atom. The molecule has 0 aliphatic carbocycles. The number of phenolic OH excluding ortho intramolecular Hbond substituents is 1. The zero-order chi connectivity index (χ0) is 10.4. The number of phenols is 1. The number of aromatic hydroxyl groups is 1. The maximum atomic E-state index is 11.4. The van der Waals surface area contributed by atoms with Crippen LogP contribution in [0.4, 0.5) is 0 Å². The van der Waals surface area contributed by atoms with Crippen LogP contribution in [0.15, 0.2) is 24.3 Å². The molecule has 3 nitrogen and oxygen atoms in total. The van der Waals surface area contributed by atoms with Crippen molar-refractivity contribution in [2.24, 2.45) is 0 Å². The summed E-state index contributed by atoms with van der Waals surface area (Å²) in [5, 5.41) is 11.9. The molecule has 1 rings (SSSR count). The Bertz CT molecular complexity index is 388. The summed E-state index contributed by atoms with van der Waals surface area (Å²) in [5.41, 5.74) is 0.269. The van der Waals surface area contributed by atoms with Crippen LogP contribution in [0.5, 0.6) is 5.75 Å². The fourth-order valence-electron chi connectivity index (χ4n) is 0.974. The van der Waals surface area contributed by atoms with Gasteiger partial charge in [0.2, 0.25) is 0 Å². The quantitative estimate of drug-likeness (QED) is 0.685. The van der Waals surface area contributed by atoms with Gasteiger partial charge in [-0.15, -0.1) is 5.92 Å². The van der Waals surface area contributed by atoms with Gasteiger partial charge in [0.25, 0.3) is 5.91 Å². The van der Waals surface area contributed by atoms with E-state index in [0.29, 0.717) is 6.54 Å². The Kier molecular flexibility index (Phi) is 3.57. The van der Waals surface area contributed by atoms with Gasteiger partial charge >= 0.3 is 0 Å². The first-order valence-corrected chi connectivity index (χ1v) is 4.21. The average Bonchev–Trinajstić information content (AvgIpc) is 2.18. The summed E-state index contributed by atoms with van der Waals surface area (Å²) >= 11 is 0. The molecule has 0 bridgehead atoms. The maximum absolute atomic E-state index is 11.4. The molecule has 0 aliphatic rings. The maximum Gasteiger partial charge on any atom is 0.255 e. The second kappa shape index (κ2) is 4.93. The second-order valence-corrected chi connectivity index (χ2v) is 2.63. The smallest absolute Gasteiger partial charge is 0.255 e. The second-order valence-electron chi connectivity index (χ2n) is 2.63. The van der Waals surface area contributed by atoms with Gasteiger partial charge in [0.1, 0.15) is 5.75 Å². The number of rotatable bonds is 2. The predicted molar refractivity (Wildman–Crippen MR) is 53.9 cm³/mol. The van der Waals surface area contributed by atoms with Gasteiger partial charge in [-0.25, -0.2) is 0 Å². The van der Waals surface area contributed by atoms with Gasteiger partial charge in [0, 0.05) is 0 Å². The fourth-order valence-corrected chi connectivity index (χ4v) is 0.974. The van der Waals surface area contributed by atoms with Crippen LogP contribution in [0.1, 0.15) is 17.3 Å². The Labute approximate surface area is 82.8 Å². The van der Waals surface area contributed by atoms with Crippen molar-refractivity contribution in [2.75, 3.05) is 6.54 Å². The lowest BCUT2D eigenvalue weighted by molar-refractivity contribution is 0.0956. The van der Waals surface area contributed by atoms with E-state index in [9.17, 15) is 9.90 Å². The molecule has 0 spiro atoms. The van der Waals surface area contributed by atoms with E-state index in [1.807, 2.05) is 0 Å². The molecule has 2 N–H and O–H groups in total. The van der Waals surface area contributed by atoms with Crippen molar-refractivity contribution in [1.82, 2.24) is 5.32 Å². The van der Waals surface area contributed by atoms with Crippen LogP contribution < -0.4 is 5.32 Å². The fraction of sp³-hybridized carbons (Fsp3) is 0.182. The highest BCUT2D eigenvalue weighted by atomic mass is 16.3. The number of nitrogens with one attached hydrogen (secondary N) is 1. The number of hydrogen-bond acceptors (Lipinski definition) is 2. The molecular formula is C11H11NO2. The Morgan fingerprint density at radius 2 is 2.21 bits per heavy atom. The van der Waals surface area contributed by atoms with E-state index < -0.39 is 0 Å². The summed E-state index contributed by atoms with van der Waals surface area (Å²) in [6.07, 6.45) is 0. The average molecular weight is 189 g/mol. The van der Waals surface area contributed by atoms with Gasteiger partial charge in [-0.2, -0.15) is 0 Å². The first-order chi connectivity index (χ1) is 6.75. The molecule has 0 radical (unpaired) electrons. The van der Waals surface area contributed by atoms with Crippen molar-refractivity contribution >= 4 is 5.91 Å². The van der Waals surface area contributed by atoms with Gasteiger partial charge in [-0.05, 0) is 19.1 Å². The van der Waals surface area contributed by atoms with Gasteiger partial charge < -0.3 is 10.4 Å². The molecule has 3 heteroatoms. The lowest BCUT2D eigenvalue weighted by atomic mass is 10.2. The third-order valence-corrected chi connectivity index (χ3v) is 1.66.